The van der Waals surface area contributed by atoms with Crippen molar-refractivity contribution in [1.29, 1.82) is 0 Å². The largest absolute Gasteiger partial charge is 0.352 e. The Labute approximate surface area is 114 Å². The van der Waals surface area contributed by atoms with Crippen molar-refractivity contribution in [1.82, 2.24) is 10.3 Å². The Bertz CT molecular complexity index is 541. The Balaban J connectivity index is 2.00. The lowest BCUT2D eigenvalue weighted by molar-refractivity contribution is 0.434. The third-order valence-corrected chi connectivity index (χ3v) is 3.98. The first-order valence-electron chi connectivity index (χ1n) is 7.21. The van der Waals surface area contributed by atoms with Crippen LogP contribution in [0.4, 0.5) is 5.82 Å². The monoisotopic (exact) mass is 255 g/mol. The second kappa shape index (κ2) is 5.57. The van der Waals surface area contributed by atoms with Crippen LogP contribution >= 0.6 is 0 Å². The van der Waals surface area contributed by atoms with Crippen LogP contribution in [0, 0.1) is 0 Å². The van der Waals surface area contributed by atoms with Crippen LogP contribution in [0.1, 0.15) is 19.8 Å². The van der Waals surface area contributed by atoms with Crippen molar-refractivity contribution in [2.75, 3.05) is 24.5 Å². The summed E-state index contributed by atoms with van der Waals surface area (Å²) in [7, 11) is 0. The van der Waals surface area contributed by atoms with Gasteiger partial charge >= 0.3 is 0 Å². The summed E-state index contributed by atoms with van der Waals surface area (Å²) in [5, 5.41) is 6.03. The average molecular weight is 255 g/mol. The van der Waals surface area contributed by atoms with Crippen molar-refractivity contribution in [2.45, 2.75) is 25.8 Å². The molecule has 0 radical (unpaired) electrons. The van der Waals surface area contributed by atoms with Gasteiger partial charge in [-0.3, -0.25) is 0 Å². The molecule has 1 saturated heterocycles. The minimum atomic E-state index is 0.567. The zero-order valence-electron chi connectivity index (χ0n) is 11.5. The van der Waals surface area contributed by atoms with E-state index in [1.165, 1.54) is 23.6 Å². The van der Waals surface area contributed by atoms with Crippen LogP contribution in [0.5, 0.6) is 0 Å². The number of anilines is 1. The van der Waals surface area contributed by atoms with E-state index in [0.717, 1.165) is 25.5 Å². The van der Waals surface area contributed by atoms with Crippen molar-refractivity contribution >= 4 is 16.6 Å². The molecule has 3 heteroatoms. The molecule has 3 nitrogen and oxygen atoms in total. The van der Waals surface area contributed by atoms with Crippen LogP contribution in [-0.2, 0) is 0 Å². The quantitative estimate of drug-likeness (QED) is 0.914. The molecule has 0 spiro atoms. The summed E-state index contributed by atoms with van der Waals surface area (Å²) in [5.41, 5.74) is 0. The van der Waals surface area contributed by atoms with Crippen LogP contribution in [0.3, 0.4) is 0 Å². The number of pyridine rings is 1. The number of nitrogens with one attached hydrogen (secondary N) is 1. The van der Waals surface area contributed by atoms with E-state index in [2.05, 4.69) is 52.5 Å². The molecule has 1 aliphatic heterocycles. The smallest absolute Gasteiger partial charge is 0.136 e. The van der Waals surface area contributed by atoms with Gasteiger partial charge in [-0.25, -0.2) is 4.98 Å². The Kier molecular flexibility index (Phi) is 3.65. The zero-order valence-corrected chi connectivity index (χ0v) is 11.5. The molecule has 1 fully saturated rings. The van der Waals surface area contributed by atoms with Crippen LogP contribution in [0.15, 0.2) is 36.5 Å². The van der Waals surface area contributed by atoms with E-state index < -0.39 is 0 Å². The molecule has 2 aromatic rings. The fourth-order valence-corrected chi connectivity index (χ4v) is 3.01. The molecule has 0 amide bonds. The maximum absolute atomic E-state index is 4.65. The third-order valence-electron chi connectivity index (χ3n) is 3.98. The number of fused-ring (bicyclic) bond motifs is 1. The second-order valence-corrected chi connectivity index (χ2v) is 5.14. The minimum Gasteiger partial charge on any atom is -0.352 e. The highest BCUT2D eigenvalue weighted by atomic mass is 15.2. The van der Waals surface area contributed by atoms with Crippen LogP contribution in [-0.4, -0.2) is 30.7 Å². The van der Waals surface area contributed by atoms with Crippen molar-refractivity contribution in [3.8, 4) is 0 Å². The van der Waals surface area contributed by atoms with E-state index in [9.17, 15) is 0 Å². The lowest BCUT2D eigenvalue weighted by Gasteiger charge is -2.35. The van der Waals surface area contributed by atoms with Gasteiger partial charge in [0.15, 0.2) is 0 Å². The van der Waals surface area contributed by atoms with Crippen LogP contribution < -0.4 is 10.2 Å². The molecule has 0 bridgehead atoms. The molecule has 100 valence electrons. The number of hydrogen-bond donors (Lipinski definition) is 1. The standard InChI is InChI=1S/C16H21N3/c1-2-19(14-7-5-10-17-12-14)16-15-8-4-3-6-13(15)9-11-18-16/h3-4,6,8-9,11,14,17H,2,5,7,10,12H2,1H3. The maximum atomic E-state index is 4.65. The molecule has 1 aromatic carbocycles. The summed E-state index contributed by atoms with van der Waals surface area (Å²) in [6.07, 6.45) is 4.44. The van der Waals surface area contributed by atoms with Gasteiger partial charge in [0.05, 0.1) is 0 Å². The summed E-state index contributed by atoms with van der Waals surface area (Å²) < 4.78 is 0. The highest BCUT2D eigenvalue weighted by molar-refractivity contribution is 5.92. The highest BCUT2D eigenvalue weighted by Crippen LogP contribution is 2.26. The number of piperidine rings is 1. The van der Waals surface area contributed by atoms with Gasteiger partial charge in [-0.05, 0) is 37.8 Å². The normalized spacial score (nSPS) is 19.5. The van der Waals surface area contributed by atoms with Gasteiger partial charge in [0.1, 0.15) is 5.82 Å². The number of hydrogen-bond acceptors (Lipinski definition) is 3. The summed E-state index contributed by atoms with van der Waals surface area (Å²) in [6, 6.07) is 11.2. The predicted molar refractivity (Wildman–Crippen MR) is 80.7 cm³/mol. The second-order valence-electron chi connectivity index (χ2n) is 5.14. The highest BCUT2D eigenvalue weighted by Gasteiger charge is 2.22. The Morgan fingerprint density at radius 1 is 1.32 bits per heavy atom. The number of benzene rings is 1. The Morgan fingerprint density at radius 2 is 2.21 bits per heavy atom. The molecule has 1 aliphatic rings. The van der Waals surface area contributed by atoms with E-state index in [4.69, 9.17) is 0 Å². The first-order valence-corrected chi connectivity index (χ1v) is 7.21. The van der Waals surface area contributed by atoms with Crippen LogP contribution in [0.2, 0.25) is 0 Å². The molecule has 1 N–H and O–H groups in total. The van der Waals surface area contributed by atoms with Crippen molar-refractivity contribution < 1.29 is 0 Å². The van der Waals surface area contributed by atoms with Crippen molar-refractivity contribution in [2.24, 2.45) is 0 Å². The van der Waals surface area contributed by atoms with Crippen molar-refractivity contribution in [3.05, 3.63) is 36.5 Å². The van der Waals surface area contributed by atoms with Gasteiger partial charge in [-0.15, -0.1) is 0 Å². The number of aromatic nitrogens is 1. The molecule has 1 aromatic heterocycles. The SMILES string of the molecule is CCN(c1nccc2ccccc12)C1CCCNC1. The molecule has 1 unspecified atom stereocenters. The molecular formula is C16H21N3. The predicted octanol–water partition coefficient (Wildman–Crippen LogP) is 2.81. The van der Waals surface area contributed by atoms with Gasteiger partial charge in [0.25, 0.3) is 0 Å². The molecule has 2 heterocycles. The number of rotatable bonds is 3. The van der Waals surface area contributed by atoms with Gasteiger partial charge in [0.2, 0.25) is 0 Å². The summed E-state index contributed by atoms with van der Waals surface area (Å²) in [4.78, 5) is 7.10. The van der Waals surface area contributed by atoms with Crippen LogP contribution in [0.25, 0.3) is 10.8 Å². The Morgan fingerprint density at radius 3 is 3.00 bits per heavy atom. The Hall–Kier alpha value is -1.61. The maximum Gasteiger partial charge on any atom is 0.136 e. The minimum absolute atomic E-state index is 0.567. The fourth-order valence-electron chi connectivity index (χ4n) is 3.01. The van der Waals surface area contributed by atoms with E-state index in [1.54, 1.807) is 0 Å². The first-order chi connectivity index (χ1) is 9.40. The van der Waals surface area contributed by atoms with E-state index >= 15 is 0 Å². The molecule has 19 heavy (non-hydrogen) atoms. The summed E-state index contributed by atoms with van der Waals surface area (Å²) >= 11 is 0. The van der Waals surface area contributed by atoms with Gasteiger partial charge in [-0.2, -0.15) is 0 Å². The third kappa shape index (κ3) is 2.43. The number of likely N-dealkylation sites (N-methyl/N-ethyl adjacent to an activating group) is 1. The average Bonchev–Trinajstić information content (AvgIpc) is 2.49. The molecule has 0 aliphatic carbocycles. The lowest BCUT2D eigenvalue weighted by Crippen LogP contribution is -2.46. The zero-order chi connectivity index (χ0) is 13.1. The summed E-state index contributed by atoms with van der Waals surface area (Å²) in [5.74, 6) is 1.13. The van der Waals surface area contributed by atoms with Crippen molar-refractivity contribution in [3.63, 3.8) is 0 Å². The van der Waals surface area contributed by atoms with Gasteiger partial charge < -0.3 is 10.2 Å². The molecule has 0 saturated carbocycles. The van der Waals surface area contributed by atoms with E-state index in [1.807, 2.05) is 6.20 Å². The first kappa shape index (κ1) is 12.4. The fraction of sp³-hybridized carbons (Fsp3) is 0.438. The lowest BCUT2D eigenvalue weighted by atomic mass is 10.0. The van der Waals surface area contributed by atoms with E-state index in [-0.39, 0.29) is 0 Å². The molecular weight excluding hydrogens is 234 g/mol. The van der Waals surface area contributed by atoms with Gasteiger partial charge in [0, 0.05) is 30.7 Å². The summed E-state index contributed by atoms with van der Waals surface area (Å²) in [6.45, 7) is 5.45. The topological polar surface area (TPSA) is 28.2 Å². The molecule has 1 atom stereocenters. The molecule has 3 rings (SSSR count). The van der Waals surface area contributed by atoms with Gasteiger partial charge in [-0.1, -0.05) is 24.3 Å². The van der Waals surface area contributed by atoms with E-state index in [0.29, 0.717) is 6.04 Å². The number of nitrogens with zero attached hydrogens (tertiary/aromatic N) is 2.